The Morgan fingerprint density at radius 2 is 0.729 bits per heavy atom. The second-order valence-corrected chi connectivity index (χ2v) is 41.9. The summed E-state index contributed by atoms with van der Waals surface area (Å²) in [5, 5.41) is 9.88. The third-order valence-electron chi connectivity index (χ3n) is 32.0. The minimum atomic E-state index is -0.680. The molecule has 0 aromatic heterocycles. The van der Waals surface area contributed by atoms with E-state index in [0.29, 0.717) is 79.7 Å². The van der Waals surface area contributed by atoms with Crippen molar-refractivity contribution in [3.8, 4) is 0 Å². The summed E-state index contributed by atoms with van der Waals surface area (Å²) in [6.07, 6.45) is 55.7. The molecule has 129 heavy (non-hydrogen) atoms. The van der Waals surface area contributed by atoms with Crippen LogP contribution in [0.3, 0.4) is 0 Å². The first kappa shape index (κ1) is 98.4. The highest BCUT2D eigenvalue weighted by Gasteiger charge is 2.53. The number of rotatable bonds is 36. The highest BCUT2D eigenvalue weighted by Crippen LogP contribution is 2.46. The topological polar surface area (TPSA) is 315 Å². The van der Waals surface area contributed by atoms with Gasteiger partial charge in [-0.05, 0) is 192 Å². The molecule has 9 fully saturated rings. The molecule has 8 amide bonds. The molecule has 6 saturated carbocycles. The van der Waals surface area contributed by atoms with E-state index in [1.807, 2.05) is 34.1 Å². The van der Waals surface area contributed by atoms with E-state index in [-0.39, 0.29) is 47.8 Å². The first-order chi connectivity index (χ1) is 62.5. The van der Waals surface area contributed by atoms with Crippen molar-refractivity contribution in [3.63, 3.8) is 0 Å². The van der Waals surface area contributed by atoms with Crippen LogP contribution >= 0.6 is 0 Å². The van der Waals surface area contributed by atoms with E-state index in [4.69, 9.17) is 42.9 Å². The van der Waals surface area contributed by atoms with Crippen LogP contribution in [0.4, 0.5) is 9.59 Å². The number of urea groups is 2. The number of carbonyl (C=O) groups is 6. The van der Waals surface area contributed by atoms with Gasteiger partial charge in [-0.3, -0.25) is 38.8 Å². The summed E-state index contributed by atoms with van der Waals surface area (Å²) in [5.41, 5.74) is 28.0. The molecule has 7 aliphatic heterocycles. The van der Waals surface area contributed by atoms with Gasteiger partial charge < -0.3 is 53.6 Å². The summed E-state index contributed by atoms with van der Waals surface area (Å²) in [7, 11) is 3.59. The van der Waals surface area contributed by atoms with Crippen LogP contribution in [0.25, 0.3) is 0 Å². The number of guanidine groups is 4. The van der Waals surface area contributed by atoms with Gasteiger partial charge in [-0.2, -0.15) is 0 Å². The zero-order valence-electron chi connectivity index (χ0n) is 80.3. The van der Waals surface area contributed by atoms with E-state index in [1.54, 1.807) is 33.7 Å². The molecular formula is C105H166N18O6. The van der Waals surface area contributed by atoms with E-state index in [1.165, 1.54) is 205 Å². The molecule has 0 bridgehead atoms. The minimum absolute atomic E-state index is 0.0144. The third kappa shape index (κ3) is 26.3. The SMILES string of the molecule is CCCCC1(CC2CCCCC2)N=C(N)N(Cc2ccc(CN3C[C@H](CCC)NC3=O)cc2)C1=O.CCCCC1(CC2CCCCC2)N=C(N)N(Cc2ccc(CN3C[C@H](CCC)NC3=O)cc2)C1=O.CN1C(=O)[C@@](CCC2CCCCC2)(C[C@H]2CCC[C@@H](NCc3ccccc3)C2)N=C1N.CN1C(=O)[C@@](CCC2CCCCC2)(C[C@H]2CCC[C@H](N3CCCC3)C2)N=C1N. The van der Waals surface area contributed by atoms with Gasteiger partial charge in [0.1, 0.15) is 22.2 Å². The number of hydrogen-bond donors (Lipinski definition) is 7. The van der Waals surface area contributed by atoms with Crippen LogP contribution in [0.5, 0.6) is 0 Å². The maximum atomic E-state index is 13.7. The zero-order valence-corrected chi connectivity index (χ0v) is 80.3. The number of unbranched alkanes of at least 4 members (excludes halogenated alkanes) is 2. The first-order valence-electron chi connectivity index (χ1n) is 51.9. The second kappa shape index (κ2) is 47.5. The smallest absolute Gasteiger partial charge is 0.318 e. The Labute approximate surface area is 774 Å². The van der Waals surface area contributed by atoms with Crippen LogP contribution < -0.4 is 38.9 Å². The van der Waals surface area contributed by atoms with Gasteiger partial charge in [-0.25, -0.2) is 29.6 Å². The Bertz CT molecular complexity index is 4060. The van der Waals surface area contributed by atoms with Crippen molar-refractivity contribution in [2.75, 3.05) is 40.3 Å². The van der Waals surface area contributed by atoms with Crippen molar-refractivity contribution < 1.29 is 28.8 Å². The third-order valence-corrected chi connectivity index (χ3v) is 32.0. The van der Waals surface area contributed by atoms with Gasteiger partial charge in [0.15, 0.2) is 23.8 Å². The van der Waals surface area contributed by atoms with Gasteiger partial charge in [0.2, 0.25) is 0 Å². The summed E-state index contributed by atoms with van der Waals surface area (Å²) in [6.45, 7) is 15.7. The normalized spacial score (nSPS) is 28.6. The average Bonchev–Trinajstić information content (AvgIpc) is 1.64. The lowest BCUT2D eigenvalue weighted by atomic mass is 9.74. The summed E-state index contributed by atoms with van der Waals surface area (Å²) >= 11 is 0. The van der Waals surface area contributed by atoms with Crippen molar-refractivity contribution in [1.29, 1.82) is 0 Å². The standard InChI is InChI=1S/2C28H43N5O2.C26H40N4O.C23H40N4O/c2*1-3-5-16-28(17-21-10-7-6-8-11-21)25(34)33(26(29)31-28)19-23-14-12-22(13-15-23)18-32-20-24(9-4-2)30-27(32)35;1-30-24(31)26(29-25(30)27,16-15-20-9-4-2-5-10-20)18-22-13-8-14-23(17-22)28-19-21-11-6-3-7-12-21;1-26-21(28)23(25-22(26)24,13-12-18-8-3-2-4-9-18)17-19-10-7-11-20(16-19)27-14-5-6-15-27/h2*12-15,21,24H,3-11,16-20H2,1-2H3,(H2,29,31)(H,30,35);3,6-7,11-12,20,22-23,28H,2,4-5,8-10,13-19H2,1H3,(H2,27,29);18-20H,2-17H2,1H3,(H2,24,25)/t2*24-,28?;22-,23+,26+;19-,20-,23+/m0000/s1. The van der Waals surface area contributed by atoms with Crippen LogP contribution in [-0.4, -0.2) is 180 Å². The highest BCUT2D eigenvalue weighted by molar-refractivity contribution is 6.09. The quantitative estimate of drug-likeness (QED) is 0.0286. The molecular weight excluding hydrogens is 1610 g/mol. The van der Waals surface area contributed by atoms with Crippen LogP contribution in [0, 0.1) is 35.5 Å². The number of aliphatic imine (C=N–C) groups is 4. The maximum Gasteiger partial charge on any atom is 0.318 e. The summed E-state index contributed by atoms with van der Waals surface area (Å²) in [4.78, 5) is 111. The Balaban J connectivity index is 0.000000147. The molecule has 6 aliphatic carbocycles. The number of likely N-dealkylation sites (tertiary alicyclic amines) is 1. The Morgan fingerprint density at radius 3 is 1.12 bits per heavy atom. The number of carbonyl (C=O) groups excluding carboxylic acids is 6. The van der Waals surface area contributed by atoms with Gasteiger partial charge in [-0.1, -0.05) is 299 Å². The van der Waals surface area contributed by atoms with E-state index < -0.39 is 22.2 Å². The number of benzene rings is 3. The summed E-state index contributed by atoms with van der Waals surface area (Å²) < 4.78 is 0. The zero-order chi connectivity index (χ0) is 90.9. The van der Waals surface area contributed by atoms with Crippen molar-refractivity contribution >= 4 is 59.5 Å². The van der Waals surface area contributed by atoms with Crippen LogP contribution in [0.1, 0.15) is 364 Å². The molecule has 7 heterocycles. The van der Waals surface area contributed by atoms with Crippen LogP contribution in [0.15, 0.2) is 98.8 Å². The van der Waals surface area contributed by atoms with Gasteiger partial charge in [0.05, 0.1) is 13.1 Å². The molecule has 2 unspecified atom stereocenters. The molecule has 13 aliphatic rings. The van der Waals surface area contributed by atoms with Gasteiger partial charge in [-0.15, -0.1) is 0 Å². The van der Waals surface area contributed by atoms with Crippen molar-refractivity contribution in [2.24, 2.45) is 78.4 Å². The second-order valence-electron chi connectivity index (χ2n) is 41.9. The molecule has 3 aromatic carbocycles. The Morgan fingerprint density at radius 1 is 0.364 bits per heavy atom. The van der Waals surface area contributed by atoms with E-state index in [9.17, 15) is 28.8 Å². The fraction of sp³-hybridized carbons (Fsp3) is 0.733. The van der Waals surface area contributed by atoms with Crippen LogP contribution in [0.2, 0.25) is 0 Å². The molecule has 712 valence electrons. The molecule has 3 aromatic rings. The van der Waals surface area contributed by atoms with Crippen molar-refractivity contribution in [3.05, 3.63) is 107 Å². The average molecular weight is 1780 g/mol. The number of nitrogens with two attached hydrogens (primary N) is 4. The van der Waals surface area contributed by atoms with E-state index >= 15 is 0 Å². The molecule has 0 spiro atoms. The number of nitrogens with zero attached hydrogens (tertiary/aromatic N) is 11. The fourth-order valence-corrected chi connectivity index (χ4v) is 24.6. The molecule has 16 rings (SSSR count). The fourth-order valence-electron chi connectivity index (χ4n) is 24.6. The minimum Gasteiger partial charge on any atom is -0.369 e. The first-order valence-corrected chi connectivity index (χ1v) is 51.9. The van der Waals surface area contributed by atoms with Gasteiger partial charge >= 0.3 is 12.1 Å². The lowest BCUT2D eigenvalue weighted by Gasteiger charge is -2.38. The predicted molar refractivity (Wildman–Crippen MR) is 520 cm³/mol. The molecule has 10 atom stereocenters. The maximum absolute atomic E-state index is 13.7. The number of hydrogen-bond acceptors (Lipinski definition) is 16. The lowest BCUT2D eigenvalue weighted by Crippen LogP contribution is -2.45. The van der Waals surface area contributed by atoms with Gasteiger partial charge in [0, 0.05) is 71.0 Å². The number of amides is 8. The molecule has 3 saturated heterocycles. The summed E-state index contributed by atoms with van der Waals surface area (Å²) in [6, 6.07) is 28.8. The molecule has 24 heteroatoms. The van der Waals surface area contributed by atoms with Crippen LogP contribution in [-0.2, 0) is 51.9 Å². The molecule has 11 N–H and O–H groups in total. The molecule has 0 radical (unpaired) electrons. The molecule has 24 nitrogen and oxygen atoms in total. The number of nitrogens with one attached hydrogen (secondary N) is 3. The highest BCUT2D eigenvalue weighted by atomic mass is 16.2. The Hall–Kier alpha value is -8.12. The summed E-state index contributed by atoms with van der Waals surface area (Å²) in [5.74, 6) is 5.81. The largest absolute Gasteiger partial charge is 0.369 e. The monoisotopic (exact) mass is 1780 g/mol. The van der Waals surface area contributed by atoms with E-state index in [0.717, 1.165) is 182 Å². The number of likely N-dealkylation sites (N-methyl/N-ethyl adjacent to an activating group) is 2. The predicted octanol–water partition coefficient (Wildman–Crippen LogP) is 18.4. The van der Waals surface area contributed by atoms with Gasteiger partial charge in [0.25, 0.3) is 23.6 Å². The van der Waals surface area contributed by atoms with E-state index in [2.05, 4.69) is 103 Å². The van der Waals surface area contributed by atoms with Crippen molar-refractivity contribution in [1.82, 2.24) is 50.2 Å². The van der Waals surface area contributed by atoms with Crippen molar-refractivity contribution in [2.45, 2.75) is 415 Å². The lowest BCUT2D eigenvalue weighted by molar-refractivity contribution is -0.133. The Kier molecular flexibility index (Phi) is 36.2.